The summed E-state index contributed by atoms with van der Waals surface area (Å²) in [7, 11) is 0. The first-order valence-electron chi connectivity index (χ1n) is 6.76. The van der Waals surface area contributed by atoms with Crippen molar-refractivity contribution in [2.75, 3.05) is 0 Å². The van der Waals surface area contributed by atoms with Crippen molar-refractivity contribution in [3.8, 4) is 0 Å². The number of hydrogen-bond donors (Lipinski definition) is 0. The van der Waals surface area contributed by atoms with E-state index in [2.05, 4.69) is 11.3 Å². The molecule has 0 atom stereocenters. The Balaban J connectivity index is 3.71. The van der Waals surface area contributed by atoms with Gasteiger partial charge in [0.25, 0.3) is 5.41 Å². The van der Waals surface area contributed by atoms with Crippen molar-refractivity contribution in [3.05, 3.63) is 42.0 Å². The number of ether oxygens (including phenoxy) is 1. The van der Waals surface area contributed by atoms with Crippen LogP contribution in [-0.2, 0) is 14.9 Å². The molecule has 0 saturated heterocycles. The van der Waals surface area contributed by atoms with E-state index in [-0.39, 0.29) is 0 Å². The molecule has 134 valence electrons. The average molecular weight is 354 g/mol. The number of benzene rings is 1. The molecular weight excluding hydrogens is 338 g/mol. The van der Waals surface area contributed by atoms with Crippen LogP contribution in [0.5, 0.6) is 0 Å². The van der Waals surface area contributed by atoms with Crippen molar-refractivity contribution in [1.82, 2.24) is 0 Å². The second-order valence-corrected chi connectivity index (χ2v) is 6.07. The van der Waals surface area contributed by atoms with Crippen LogP contribution in [0.3, 0.4) is 0 Å². The van der Waals surface area contributed by atoms with Gasteiger partial charge < -0.3 is 4.74 Å². The van der Waals surface area contributed by atoms with Gasteiger partial charge in [-0.25, -0.2) is 0 Å². The van der Waals surface area contributed by atoms with Crippen molar-refractivity contribution in [2.45, 2.75) is 44.1 Å². The van der Waals surface area contributed by atoms with Gasteiger partial charge in [0, 0.05) is 0 Å². The maximum absolute atomic E-state index is 13.5. The van der Waals surface area contributed by atoms with Crippen LogP contribution in [0.1, 0.15) is 31.9 Å². The van der Waals surface area contributed by atoms with Crippen molar-refractivity contribution >= 4 is 12.0 Å². The lowest BCUT2D eigenvalue weighted by Gasteiger charge is -2.37. The number of rotatable bonds is 3. The lowest BCUT2D eigenvalue weighted by Crippen LogP contribution is -2.61. The van der Waals surface area contributed by atoms with Gasteiger partial charge in [-0.15, -0.1) is 0 Å². The summed E-state index contributed by atoms with van der Waals surface area (Å²) in [6.07, 6.45) is -10.6. The van der Waals surface area contributed by atoms with Crippen LogP contribution in [0.4, 0.5) is 26.3 Å². The number of hydrogen-bond acceptors (Lipinski definition) is 2. The van der Waals surface area contributed by atoms with E-state index in [0.717, 1.165) is 12.1 Å². The fourth-order valence-electron chi connectivity index (χ4n) is 2.06. The molecule has 0 aliphatic rings. The fourth-order valence-corrected chi connectivity index (χ4v) is 2.06. The van der Waals surface area contributed by atoms with E-state index in [9.17, 15) is 31.1 Å². The lowest BCUT2D eigenvalue weighted by molar-refractivity contribution is -0.301. The first-order chi connectivity index (χ1) is 10.7. The molecule has 0 heterocycles. The summed E-state index contributed by atoms with van der Waals surface area (Å²) in [5.74, 6) is -2.42. The van der Waals surface area contributed by atoms with Crippen molar-refractivity contribution < 1.29 is 35.9 Å². The van der Waals surface area contributed by atoms with Crippen LogP contribution in [0, 0.1) is 0 Å². The molecule has 2 nitrogen and oxygen atoms in total. The van der Waals surface area contributed by atoms with E-state index < -0.39 is 34.9 Å². The minimum atomic E-state index is -5.94. The van der Waals surface area contributed by atoms with Gasteiger partial charge in [-0.05, 0) is 31.9 Å². The number of halogens is 6. The zero-order valence-corrected chi connectivity index (χ0v) is 13.2. The molecule has 0 bridgehead atoms. The zero-order valence-electron chi connectivity index (χ0n) is 13.2. The first-order valence-corrected chi connectivity index (χ1v) is 6.76. The second-order valence-electron chi connectivity index (χ2n) is 6.07. The van der Waals surface area contributed by atoms with Gasteiger partial charge in [0.15, 0.2) is 0 Å². The van der Waals surface area contributed by atoms with E-state index in [1.54, 1.807) is 0 Å². The highest BCUT2D eigenvalue weighted by molar-refractivity contribution is 5.86. The predicted octanol–water partition coefficient (Wildman–Crippen LogP) is 5.03. The smallest absolute Gasteiger partial charge is 0.417 e. The molecule has 24 heavy (non-hydrogen) atoms. The molecule has 0 saturated carbocycles. The highest BCUT2D eigenvalue weighted by Gasteiger charge is 2.77. The molecular formula is C16H16F6O2. The Morgan fingerprint density at radius 2 is 1.38 bits per heavy atom. The third-order valence-corrected chi connectivity index (χ3v) is 3.13. The standard InChI is InChI=1S/C16H16F6O2/c1-5-10-6-8-11(9-7-10)14(15(17,18)19,16(20,21)22)12(23)24-13(2,3)4/h5-9H,1H2,2-4H3. The Kier molecular flexibility index (Phi) is 5.13. The zero-order chi connectivity index (χ0) is 19.0. The van der Waals surface area contributed by atoms with Gasteiger partial charge in [-0.1, -0.05) is 36.9 Å². The van der Waals surface area contributed by atoms with E-state index >= 15 is 0 Å². The Bertz CT molecular complexity index is 591. The Hall–Kier alpha value is -1.99. The van der Waals surface area contributed by atoms with Crippen molar-refractivity contribution in [1.29, 1.82) is 0 Å². The van der Waals surface area contributed by atoms with Crippen molar-refractivity contribution in [2.24, 2.45) is 0 Å². The molecule has 1 aromatic rings. The summed E-state index contributed by atoms with van der Waals surface area (Å²) in [5.41, 5.74) is -7.25. The van der Waals surface area contributed by atoms with Crippen LogP contribution in [0.25, 0.3) is 6.08 Å². The normalized spacial score (nSPS) is 13.5. The average Bonchev–Trinajstić information content (AvgIpc) is 2.34. The van der Waals surface area contributed by atoms with Gasteiger partial charge in [-0.2, -0.15) is 26.3 Å². The van der Waals surface area contributed by atoms with Gasteiger partial charge in [-0.3, -0.25) is 4.79 Å². The summed E-state index contributed by atoms with van der Waals surface area (Å²) in [6, 6.07) is 3.22. The number of carbonyl (C=O) groups excluding carboxylic acids is 1. The molecule has 0 aromatic heterocycles. The molecule has 1 rings (SSSR count). The minimum Gasteiger partial charge on any atom is -0.459 e. The SMILES string of the molecule is C=Cc1ccc(C(C(=O)OC(C)(C)C)(C(F)(F)F)C(F)(F)F)cc1. The lowest BCUT2D eigenvalue weighted by atomic mass is 9.78. The Morgan fingerprint density at radius 1 is 0.958 bits per heavy atom. The summed E-state index contributed by atoms with van der Waals surface area (Å²) in [5, 5.41) is 0. The summed E-state index contributed by atoms with van der Waals surface area (Å²) < 4.78 is 85.6. The molecule has 0 aliphatic carbocycles. The first kappa shape index (κ1) is 20.1. The monoisotopic (exact) mass is 354 g/mol. The van der Waals surface area contributed by atoms with E-state index in [1.165, 1.54) is 26.8 Å². The molecule has 0 aliphatic heterocycles. The molecule has 0 radical (unpaired) electrons. The number of alkyl halides is 6. The van der Waals surface area contributed by atoms with E-state index in [1.807, 2.05) is 0 Å². The fraction of sp³-hybridized carbons (Fsp3) is 0.438. The highest BCUT2D eigenvalue weighted by atomic mass is 19.4. The number of carbonyl (C=O) groups is 1. The van der Waals surface area contributed by atoms with Gasteiger partial charge in [0.1, 0.15) is 5.60 Å². The molecule has 1 aromatic carbocycles. The largest absolute Gasteiger partial charge is 0.459 e. The van der Waals surface area contributed by atoms with Crippen LogP contribution >= 0.6 is 0 Å². The third kappa shape index (κ3) is 3.57. The van der Waals surface area contributed by atoms with Crippen LogP contribution in [-0.4, -0.2) is 23.9 Å². The van der Waals surface area contributed by atoms with Crippen LogP contribution in [0.2, 0.25) is 0 Å². The summed E-state index contributed by atoms with van der Waals surface area (Å²) in [6.45, 7) is 6.92. The Labute approximate surface area is 135 Å². The van der Waals surface area contributed by atoms with Gasteiger partial charge in [0.2, 0.25) is 0 Å². The van der Waals surface area contributed by atoms with E-state index in [0.29, 0.717) is 17.7 Å². The minimum absolute atomic E-state index is 0.307. The quantitative estimate of drug-likeness (QED) is 0.562. The number of esters is 1. The van der Waals surface area contributed by atoms with Crippen LogP contribution in [0.15, 0.2) is 30.8 Å². The summed E-state index contributed by atoms with van der Waals surface area (Å²) in [4.78, 5) is 12.0. The molecule has 0 amide bonds. The molecule has 0 N–H and O–H groups in total. The maximum Gasteiger partial charge on any atom is 0.417 e. The molecule has 0 fully saturated rings. The van der Waals surface area contributed by atoms with Crippen LogP contribution < -0.4 is 0 Å². The third-order valence-electron chi connectivity index (χ3n) is 3.13. The molecule has 8 heteroatoms. The topological polar surface area (TPSA) is 26.3 Å². The Morgan fingerprint density at radius 3 is 1.67 bits per heavy atom. The maximum atomic E-state index is 13.5. The highest BCUT2D eigenvalue weighted by Crippen LogP contribution is 2.53. The van der Waals surface area contributed by atoms with Crippen molar-refractivity contribution in [3.63, 3.8) is 0 Å². The predicted molar refractivity (Wildman–Crippen MR) is 76.2 cm³/mol. The summed E-state index contributed by atoms with van der Waals surface area (Å²) >= 11 is 0. The van der Waals surface area contributed by atoms with Gasteiger partial charge >= 0.3 is 18.3 Å². The second kappa shape index (κ2) is 6.14. The van der Waals surface area contributed by atoms with E-state index in [4.69, 9.17) is 0 Å². The molecule has 0 spiro atoms. The molecule has 0 unspecified atom stereocenters. The van der Waals surface area contributed by atoms with Gasteiger partial charge in [0.05, 0.1) is 0 Å².